The molecule has 0 amide bonds. The molecule has 2 aromatic rings. The second-order valence-corrected chi connectivity index (χ2v) is 5.78. The maximum Gasteiger partial charge on any atom is 0.0931 e. The first kappa shape index (κ1) is 12.4. The molecule has 92 valence electrons. The molecule has 2 aromatic heterocycles. The maximum atomic E-state index is 5.89. The number of nitrogen functional groups attached to an aromatic ring is 1. The monoisotopic (exact) mass is 270 g/mol. The largest absolute Gasteiger partial charge is 0.396 e. The summed E-state index contributed by atoms with van der Waals surface area (Å²) in [5.41, 5.74) is 6.31. The Bertz CT molecular complexity index is 479. The second kappa shape index (κ2) is 5.53. The van der Waals surface area contributed by atoms with Gasteiger partial charge in [0.15, 0.2) is 0 Å². The first-order valence-corrected chi connectivity index (χ1v) is 6.53. The van der Waals surface area contributed by atoms with Crippen LogP contribution in [0.3, 0.4) is 0 Å². The van der Waals surface area contributed by atoms with Crippen molar-refractivity contribution in [1.29, 1.82) is 0 Å². The summed E-state index contributed by atoms with van der Waals surface area (Å²) in [6.45, 7) is 2.68. The number of thiophene rings is 1. The van der Waals surface area contributed by atoms with Crippen LogP contribution in [0.5, 0.6) is 0 Å². The Kier molecular flexibility index (Phi) is 4.04. The molecule has 2 rings (SSSR count). The van der Waals surface area contributed by atoms with Crippen LogP contribution in [0.2, 0.25) is 4.34 Å². The van der Waals surface area contributed by atoms with E-state index in [4.69, 9.17) is 17.3 Å². The zero-order valence-electron chi connectivity index (χ0n) is 9.64. The highest BCUT2D eigenvalue weighted by Gasteiger charge is 2.03. The van der Waals surface area contributed by atoms with E-state index < -0.39 is 0 Å². The fraction of sp³-hybridized carbons (Fsp3) is 0.364. The molecule has 0 aliphatic rings. The zero-order valence-corrected chi connectivity index (χ0v) is 11.2. The van der Waals surface area contributed by atoms with Crippen molar-refractivity contribution in [2.45, 2.75) is 13.1 Å². The number of hydrogen-bond acceptors (Lipinski definition) is 4. The molecule has 0 radical (unpaired) electrons. The van der Waals surface area contributed by atoms with Crippen LogP contribution in [0, 0.1) is 0 Å². The molecule has 2 heterocycles. The van der Waals surface area contributed by atoms with Crippen molar-refractivity contribution in [1.82, 2.24) is 14.7 Å². The number of nitrogens with zero attached hydrogens (tertiary/aromatic N) is 3. The van der Waals surface area contributed by atoms with E-state index in [0.717, 1.165) is 24.0 Å². The number of nitrogens with two attached hydrogens (primary N) is 1. The molecule has 0 atom stereocenters. The van der Waals surface area contributed by atoms with E-state index in [1.807, 2.05) is 16.9 Å². The van der Waals surface area contributed by atoms with E-state index >= 15 is 0 Å². The van der Waals surface area contributed by atoms with Crippen molar-refractivity contribution in [3.8, 4) is 0 Å². The van der Waals surface area contributed by atoms with E-state index in [-0.39, 0.29) is 0 Å². The van der Waals surface area contributed by atoms with Crippen molar-refractivity contribution in [2.24, 2.45) is 0 Å². The van der Waals surface area contributed by atoms with E-state index in [9.17, 15) is 0 Å². The van der Waals surface area contributed by atoms with Crippen LogP contribution in [0.25, 0.3) is 0 Å². The predicted octanol–water partition coefficient (Wildman–Crippen LogP) is 2.31. The fourth-order valence-corrected chi connectivity index (χ4v) is 2.72. The molecule has 0 saturated heterocycles. The van der Waals surface area contributed by atoms with E-state index in [0.29, 0.717) is 5.69 Å². The first-order valence-electron chi connectivity index (χ1n) is 5.34. The Balaban J connectivity index is 1.79. The van der Waals surface area contributed by atoms with Gasteiger partial charge in [0, 0.05) is 24.2 Å². The van der Waals surface area contributed by atoms with Gasteiger partial charge >= 0.3 is 0 Å². The third-order valence-corrected chi connectivity index (χ3v) is 3.63. The summed E-state index contributed by atoms with van der Waals surface area (Å²) in [7, 11) is 2.08. The summed E-state index contributed by atoms with van der Waals surface area (Å²) >= 11 is 7.51. The molecule has 0 fully saturated rings. The van der Waals surface area contributed by atoms with Gasteiger partial charge in [0.25, 0.3) is 0 Å². The van der Waals surface area contributed by atoms with Gasteiger partial charge < -0.3 is 5.73 Å². The number of aromatic nitrogens is 2. The molecule has 0 saturated carbocycles. The fourth-order valence-electron chi connectivity index (χ4n) is 1.56. The van der Waals surface area contributed by atoms with Gasteiger partial charge in [0.2, 0.25) is 0 Å². The summed E-state index contributed by atoms with van der Waals surface area (Å²) in [6, 6.07) is 4.00. The topological polar surface area (TPSA) is 47.1 Å². The van der Waals surface area contributed by atoms with Crippen LogP contribution in [0.4, 0.5) is 5.69 Å². The van der Waals surface area contributed by atoms with Gasteiger partial charge in [-0.3, -0.25) is 9.58 Å². The number of hydrogen-bond donors (Lipinski definition) is 1. The summed E-state index contributed by atoms with van der Waals surface area (Å²) < 4.78 is 2.70. The van der Waals surface area contributed by atoms with Crippen LogP contribution >= 0.6 is 22.9 Å². The second-order valence-electron chi connectivity index (χ2n) is 3.98. The SMILES string of the molecule is CN(CCn1cc(N)cn1)Cc1ccc(Cl)s1. The van der Waals surface area contributed by atoms with Gasteiger partial charge in [-0.25, -0.2) is 0 Å². The van der Waals surface area contributed by atoms with Gasteiger partial charge in [-0.05, 0) is 19.2 Å². The summed E-state index contributed by atoms with van der Waals surface area (Å²) in [5.74, 6) is 0. The number of rotatable bonds is 5. The Morgan fingerprint density at radius 1 is 1.53 bits per heavy atom. The predicted molar refractivity (Wildman–Crippen MR) is 72.3 cm³/mol. The van der Waals surface area contributed by atoms with Crippen LogP contribution in [0.15, 0.2) is 24.5 Å². The molecule has 2 N–H and O–H groups in total. The molecule has 0 bridgehead atoms. The first-order chi connectivity index (χ1) is 8.13. The van der Waals surface area contributed by atoms with Crippen molar-refractivity contribution >= 4 is 28.6 Å². The molecular formula is C11H15ClN4S. The summed E-state index contributed by atoms with van der Waals surface area (Å²) in [5, 5.41) is 4.15. The van der Waals surface area contributed by atoms with E-state index in [1.54, 1.807) is 17.5 Å². The lowest BCUT2D eigenvalue weighted by Crippen LogP contribution is -2.22. The lowest BCUT2D eigenvalue weighted by molar-refractivity contribution is 0.308. The highest BCUT2D eigenvalue weighted by molar-refractivity contribution is 7.16. The smallest absolute Gasteiger partial charge is 0.0931 e. The van der Waals surface area contributed by atoms with Crippen LogP contribution in [-0.4, -0.2) is 28.3 Å². The summed E-state index contributed by atoms with van der Waals surface area (Å²) in [6.07, 6.45) is 3.51. The minimum Gasteiger partial charge on any atom is -0.396 e. The van der Waals surface area contributed by atoms with Crippen molar-refractivity contribution < 1.29 is 0 Å². The van der Waals surface area contributed by atoms with Crippen LogP contribution < -0.4 is 5.73 Å². The van der Waals surface area contributed by atoms with Gasteiger partial charge in [0.1, 0.15) is 0 Å². The van der Waals surface area contributed by atoms with E-state index in [1.165, 1.54) is 4.88 Å². The number of halogens is 1. The molecule has 0 spiro atoms. The zero-order chi connectivity index (χ0) is 12.3. The molecule has 0 aromatic carbocycles. The number of likely N-dealkylation sites (N-methyl/N-ethyl adjacent to an activating group) is 1. The minimum absolute atomic E-state index is 0.706. The quantitative estimate of drug-likeness (QED) is 0.907. The summed E-state index contributed by atoms with van der Waals surface area (Å²) in [4.78, 5) is 3.51. The standard InChI is InChI=1S/C11H15ClN4S/c1-15(8-10-2-3-11(12)17-10)4-5-16-7-9(13)6-14-16/h2-3,6-7H,4-5,8,13H2,1H3. The molecule has 0 unspecified atom stereocenters. The molecule has 6 heteroatoms. The van der Waals surface area contributed by atoms with Crippen molar-refractivity contribution in [2.75, 3.05) is 19.3 Å². The Morgan fingerprint density at radius 2 is 2.35 bits per heavy atom. The number of anilines is 1. The molecule has 17 heavy (non-hydrogen) atoms. The van der Waals surface area contributed by atoms with Crippen molar-refractivity contribution in [3.63, 3.8) is 0 Å². The van der Waals surface area contributed by atoms with Gasteiger partial charge in [-0.2, -0.15) is 5.10 Å². The maximum absolute atomic E-state index is 5.89. The average Bonchev–Trinajstić information content (AvgIpc) is 2.85. The van der Waals surface area contributed by atoms with E-state index in [2.05, 4.69) is 23.1 Å². The normalized spacial score (nSPS) is 11.2. The third-order valence-electron chi connectivity index (χ3n) is 2.42. The van der Waals surface area contributed by atoms with Crippen LogP contribution in [0.1, 0.15) is 4.88 Å². The molecular weight excluding hydrogens is 256 g/mol. The average molecular weight is 271 g/mol. The van der Waals surface area contributed by atoms with Gasteiger partial charge in [0.05, 0.1) is 22.8 Å². The Labute approximate surface area is 110 Å². The van der Waals surface area contributed by atoms with Crippen LogP contribution in [-0.2, 0) is 13.1 Å². The Morgan fingerprint density at radius 3 is 2.94 bits per heavy atom. The van der Waals surface area contributed by atoms with Gasteiger partial charge in [-0.15, -0.1) is 11.3 Å². The molecule has 0 aliphatic heterocycles. The highest BCUT2D eigenvalue weighted by Crippen LogP contribution is 2.22. The highest BCUT2D eigenvalue weighted by atomic mass is 35.5. The molecule has 0 aliphatic carbocycles. The van der Waals surface area contributed by atoms with Crippen molar-refractivity contribution in [3.05, 3.63) is 33.7 Å². The lowest BCUT2D eigenvalue weighted by Gasteiger charge is -2.15. The molecule has 4 nitrogen and oxygen atoms in total. The Hall–Kier alpha value is -1.04. The van der Waals surface area contributed by atoms with Gasteiger partial charge in [-0.1, -0.05) is 11.6 Å². The third kappa shape index (κ3) is 3.73. The lowest BCUT2D eigenvalue weighted by atomic mass is 10.4. The minimum atomic E-state index is 0.706.